The molecule has 1 amide bonds. The number of nitrogens with zero attached hydrogens (tertiary/aromatic N) is 1. The zero-order valence-electron chi connectivity index (χ0n) is 9.23. The van der Waals surface area contributed by atoms with Crippen molar-refractivity contribution in [1.29, 1.82) is 0 Å². The van der Waals surface area contributed by atoms with E-state index in [2.05, 4.69) is 0 Å². The molecule has 1 aliphatic heterocycles. The summed E-state index contributed by atoms with van der Waals surface area (Å²) in [6.45, 7) is 5.32. The Morgan fingerprint density at radius 1 is 1.33 bits per heavy atom. The molecule has 5 nitrogen and oxygen atoms in total. The molecule has 0 aromatic carbocycles. The second-order valence-electron chi connectivity index (χ2n) is 4.95. The van der Waals surface area contributed by atoms with Crippen LogP contribution in [0.2, 0.25) is 0 Å². The van der Waals surface area contributed by atoms with Crippen molar-refractivity contribution in [3.63, 3.8) is 0 Å². The molecule has 1 heterocycles. The van der Waals surface area contributed by atoms with Gasteiger partial charge >= 0.3 is 5.97 Å². The van der Waals surface area contributed by atoms with Crippen LogP contribution in [0.5, 0.6) is 0 Å². The van der Waals surface area contributed by atoms with Gasteiger partial charge in [-0.15, -0.1) is 0 Å². The van der Waals surface area contributed by atoms with Gasteiger partial charge in [-0.1, -0.05) is 20.8 Å². The molecule has 1 rings (SSSR count). The van der Waals surface area contributed by atoms with Gasteiger partial charge in [-0.25, -0.2) is 4.79 Å². The van der Waals surface area contributed by atoms with Crippen LogP contribution in [0.1, 0.15) is 27.2 Å². The van der Waals surface area contributed by atoms with Gasteiger partial charge in [-0.05, 0) is 0 Å². The summed E-state index contributed by atoms with van der Waals surface area (Å²) in [5.41, 5.74) is -0.613. The molecule has 2 N–H and O–H groups in total. The molecule has 15 heavy (non-hydrogen) atoms. The second kappa shape index (κ2) is 3.81. The van der Waals surface area contributed by atoms with E-state index in [0.717, 1.165) is 0 Å². The highest BCUT2D eigenvalue weighted by molar-refractivity contribution is 5.87. The van der Waals surface area contributed by atoms with Crippen molar-refractivity contribution in [2.75, 3.05) is 6.54 Å². The van der Waals surface area contributed by atoms with Crippen molar-refractivity contribution in [2.24, 2.45) is 5.41 Å². The Balaban J connectivity index is 2.85. The predicted molar refractivity (Wildman–Crippen MR) is 53.2 cm³/mol. The molecule has 1 aliphatic rings. The molecule has 86 valence electrons. The fourth-order valence-electron chi connectivity index (χ4n) is 1.70. The average Bonchev–Trinajstić information content (AvgIpc) is 2.44. The van der Waals surface area contributed by atoms with Gasteiger partial charge in [0, 0.05) is 18.4 Å². The van der Waals surface area contributed by atoms with Crippen LogP contribution in [-0.2, 0) is 9.59 Å². The Bertz CT molecular complexity index is 282. The third kappa shape index (κ3) is 2.47. The summed E-state index contributed by atoms with van der Waals surface area (Å²) in [6.07, 6.45) is -0.602. The maximum atomic E-state index is 11.9. The third-order valence-corrected chi connectivity index (χ3v) is 2.47. The highest BCUT2D eigenvalue weighted by atomic mass is 16.4. The first kappa shape index (κ1) is 12.0. The molecule has 2 atom stereocenters. The van der Waals surface area contributed by atoms with Crippen molar-refractivity contribution in [1.82, 2.24) is 4.90 Å². The number of likely N-dealkylation sites (tertiary alicyclic amines) is 1. The van der Waals surface area contributed by atoms with E-state index in [0.29, 0.717) is 0 Å². The first-order chi connectivity index (χ1) is 6.73. The minimum Gasteiger partial charge on any atom is -0.480 e. The normalized spacial score (nSPS) is 26.8. The van der Waals surface area contributed by atoms with Gasteiger partial charge in [0.05, 0.1) is 6.10 Å². The van der Waals surface area contributed by atoms with E-state index < -0.39 is 23.5 Å². The molecule has 2 unspecified atom stereocenters. The number of rotatable bonds is 1. The zero-order valence-corrected chi connectivity index (χ0v) is 9.23. The maximum absolute atomic E-state index is 11.9. The summed E-state index contributed by atoms with van der Waals surface area (Å²) < 4.78 is 0. The van der Waals surface area contributed by atoms with Gasteiger partial charge in [0.1, 0.15) is 6.04 Å². The molecule has 0 aliphatic carbocycles. The number of carbonyl (C=O) groups is 2. The van der Waals surface area contributed by atoms with Crippen molar-refractivity contribution in [3.05, 3.63) is 0 Å². The predicted octanol–water partition coefficient (Wildman–Crippen LogP) is 0.0789. The summed E-state index contributed by atoms with van der Waals surface area (Å²) in [4.78, 5) is 24.0. The number of β-amino-alcohol motifs (C(OH)–C–C–N with tert-alkyl or cyclic N) is 1. The monoisotopic (exact) mass is 215 g/mol. The number of carboxylic acid groups (broad SMARTS) is 1. The summed E-state index contributed by atoms with van der Waals surface area (Å²) >= 11 is 0. The van der Waals surface area contributed by atoms with Crippen molar-refractivity contribution in [2.45, 2.75) is 39.3 Å². The van der Waals surface area contributed by atoms with E-state index in [1.807, 2.05) is 0 Å². The average molecular weight is 215 g/mol. The fourth-order valence-corrected chi connectivity index (χ4v) is 1.70. The molecule has 0 bridgehead atoms. The number of aliphatic hydroxyl groups is 1. The van der Waals surface area contributed by atoms with Gasteiger partial charge < -0.3 is 15.1 Å². The Labute approximate surface area is 88.7 Å². The van der Waals surface area contributed by atoms with E-state index in [-0.39, 0.29) is 18.9 Å². The Hall–Kier alpha value is -1.10. The topological polar surface area (TPSA) is 77.8 Å². The standard InChI is InChI=1S/C10H17NO4/c1-10(2,3)9(15)11-5-6(12)4-7(11)8(13)14/h6-7,12H,4-5H2,1-3H3,(H,13,14). The van der Waals surface area contributed by atoms with Gasteiger partial charge in [0.15, 0.2) is 0 Å². The largest absolute Gasteiger partial charge is 0.480 e. The molecular formula is C10H17NO4. The van der Waals surface area contributed by atoms with Crippen LogP contribution >= 0.6 is 0 Å². The van der Waals surface area contributed by atoms with E-state index >= 15 is 0 Å². The van der Waals surface area contributed by atoms with Gasteiger partial charge in [-0.3, -0.25) is 4.79 Å². The van der Waals surface area contributed by atoms with Crippen LogP contribution in [0.4, 0.5) is 0 Å². The lowest BCUT2D eigenvalue weighted by Crippen LogP contribution is -2.45. The van der Waals surface area contributed by atoms with Crippen LogP contribution in [0.25, 0.3) is 0 Å². The third-order valence-electron chi connectivity index (χ3n) is 2.47. The van der Waals surface area contributed by atoms with Crippen molar-refractivity contribution < 1.29 is 19.8 Å². The van der Waals surface area contributed by atoms with Crippen LogP contribution in [0.15, 0.2) is 0 Å². The molecule has 0 aromatic rings. The number of aliphatic hydroxyl groups excluding tert-OH is 1. The summed E-state index contributed by atoms with van der Waals surface area (Å²) in [5, 5.41) is 18.3. The minimum atomic E-state index is -1.05. The Morgan fingerprint density at radius 3 is 2.27 bits per heavy atom. The molecule has 0 radical (unpaired) electrons. The number of amides is 1. The van der Waals surface area contributed by atoms with Crippen molar-refractivity contribution in [3.8, 4) is 0 Å². The Morgan fingerprint density at radius 2 is 1.87 bits per heavy atom. The molecule has 5 heteroatoms. The van der Waals surface area contributed by atoms with E-state index in [4.69, 9.17) is 5.11 Å². The van der Waals surface area contributed by atoms with Crippen LogP contribution in [0.3, 0.4) is 0 Å². The van der Waals surface area contributed by atoms with Crippen LogP contribution < -0.4 is 0 Å². The molecule has 0 saturated carbocycles. The number of carbonyl (C=O) groups excluding carboxylic acids is 1. The number of aliphatic carboxylic acids is 1. The van der Waals surface area contributed by atoms with Crippen molar-refractivity contribution >= 4 is 11.9 Å². The number of hydrogen-bond donors (Lipinski definition) is 2. The lowest BCUT2D eigenvalue weighted by atomic mass is 9.94. The summed E-state index contributed by atoms with van der Waals surface area (Å²) in [5.74, 6) is -1.28. The lowest BCUT2D eigenvalue weighted by molar-refractivity contribution is -0.151. The highest BCUT2D eigenvalue weighted by Crippen LogP contribution is 2.25. The number of hydrogen-bond acceptors (Lipinski definition) is 3. The van der Waals surface area contributed by atoms with Gasteiger partial charge in [-0.2, -0.15) is 0 Å². The van der Waals surface area contributed by atoms with Crippen LogP contribution in [-0.4, -0.2) is 45.7 Å². The first-order valence-electron chi connectivity index (χ1n) is 4.95. The minimum absolute atomic E-state index is 0.118. The molecular weight excluding hydrogens is 198 g/mol. The van der Waals surface area contributed by atoms with E-state index in [1.54, 1.807) is 20.8 Å². The summed E-state index contributed by atoms with van der Waals surface area (Å²) in [7, 11) is 0. The summed E-state index contributed by atoms with van der Waals surface area (Å²) in [6, 6.07) is -0.883. The quantitative estimate of drug-likeness (QED) is 0.649. The maximum Gasteiger partial charge on any atom is 0.326 e. The lowest BCUT2D eigenvalue weighted by Gasteiger charge is -2.28. The van der Waals surface area contributed by atoms with E-state index in [9.17, 15) is 14.7 Å². The second-order valence-corrected chi connectivity index (χ2v) is 4.95. The van der Waals surface area contributed by atoms with Gasteiger partial charge in [0.25, 0.3) is 0 Å². The molecule has 1 saturated heterocycles. The van der Waals surface area contributed by atoms with Gasteiger partial charge in [0.2, 0.25) is 5.91 Å². The first-order valence-corrected chi connectivity index (χ1v) is 4.95. The number of carboxylic acids is 1. The Kier molecular flexibility index (Phi) is 3.04. The highest BCUT2D eigenvalue weighted by Gasteiger charge is 2.42. The fraction of sp³-hybridized carbons (Fsp3) is 0.800. The molecule has 1 fully saturated rings. The zero-order chi connectivity index (χ0) is 11.8. The van der Waals surface area contributed by atoms with Crippen LogP contribution in [0, 0.1) is 5.41 Å². The smallest absolute Gasteiger partial charge is 0.326 e. The SMILES string of the molecule is CC(C)(C)C(=O)N1CC(O)CC1C(=O)O. The molecule has 0 aromatic heterocycles. The van der Waals surface area contributed by atoms with E-state index in [1.165, 1.54) is 4.90 Å². The molecule has 0 spiro atoms.